The van der Waals surface area contributed by atoms with Gasteiger partial charge in [0.25, 0.3) is 0 Å². The highest BCUT2D eigenvalue weighted by Crippen LogP contribution is 2.36. The van der Waals surface area contributed by atoms with E-state index in [4.69, 9.17) is 13.9 Å². The van der Waals surface area contributed by atoms with Crippen molar-refractivity contribution >= 4 is 27.4 Å². The molecule has 0 aliphatic rings. The summed E-state index contributed by atoms with van der Waals surface area (Å²) < 4.78 is 33.1. The highest BCUT2D eigenvalue weighted by molar-refractivity contribution is 7.84. The van der Waals surface area contributed by atoms with Gasteiger partial charge in [-0.15, -0.1) is 5.54 Å². The molecule has 0 aliphatic heterocycles. The molecule has 0 rings (SSSR count). The number of methoxy groups -OCH3 is 1. The van der Waals surface area contributed by atoms with Crippen molar-refractivity contribution in [2.24, 2.45) is 0 Å². The molecular formula is C20H43NO4SSi2. The number of hydrogen-bond donors (Lipinski definition) is 1. The lowest BCUT2D eigenvalue weighted by Gasteiger charge is -2.38. The van der Waals surface area contributed by atoms with Crippen LogP contribution in [0.3, 0.4) is 0 Å². The van der Waals surface area contributed by atoms with Gasteiger partial charge in [0, 0.05) is 7.11 Å². The highest BCUT2D eigenvalue weighted by Gasteiger charge is 2.39. The van der Waals surface area contributed by atoms with E-state index in [1.807, 2.05) is 20.8 Å². The van der Waals surface area contributed by atoms with Gasteiger partial charge in [0.2, 0.25) is 0 Å². The molecule has 0 bridgehead atoms. The zero-order valence-electron chi connectivity index (χ0n) is 20.1. The minimum absolute atomic E-state index is 0.0909. The number of rotatable bonds is 9. The molecule has 1 N–H and O–H groups in total. The molecule has 166 valence electrons. The van der Waals surface area contributed by atoms with Crippen LogP contribution in [0.25, 0.3) is 0 Å². The van der Waals surface area contributed by atoms with Crippen LogP contribution in [0.2, 0.25) is 37.8 Å². The molecule has 0 heterocycles. The second-order valence-corrected chi connectivity index (χ2v) is 22.2. The molecule has 5 nitrogen and oxygen atoms in total. The molecular weight excluding hydrogens is 406 g/mol. The lowest BCUT2D eigenvalue weighted by atomic mass is 10.2. The Morgan fingerprint density at radius 1 is 1.04 bits per heavy atom. The lowest BCUT2D eigenvalue weighted by Crippen LogP contribution is -2.52. The summed E-state index contributed by atoms with van der Waals surface area (Å²) in [6.45, 7) is 24.0. The molecule has 0 amide bonds. The first kappa shape index (κ1) is 28.0. The maximum atomic E-state index is 12.8. The second-order valence-electron chi connectivity index (χ2n) is 10.7. The van der Waals surface area contributed by atoms with Crippen molar-refractivity contribution in [1.29, 1.82) is 0 Å². The van der Waals surface area contributed by atoms with Gasteiger partial charge < -0.3 is 13.9 Å². The Kier molecular flexibility index (Phi) is 10.8. The quantitative estimate of drug-likeness (QED) is 0.324. The van der Waals surface area contributed by atoms with E-state index >= 15 is 0 Å². The van der Waals surface area contributed by atoms with Crippen molar-refractivity contribution in [3.05, 3.63) is 0 Å². The van der Waals surface area contributed by atoms with Gasteiger partial charge in [0.15, 0.2) is 8.32 Å². The van der Waals surface area contributed by atoms with Crippen molar-refractivity contribution in [2.45, 2.75) is 96.2 Å². The third-order valence-electron chi connectivity index (χ3n) is 4.56. The van der Waals surface area contributed by atoms with Gasteiger partial charge in [-0.2, -0.15) is 0 Å². The zero-order chi connectivity index (χ0) is 22.4. The van der Waals surface area contributed by atoms with Crippen LogP contribution in [0.15, 0.2) is 0 Å². The van der Waals surface area contributed by atoms with Crippen LogP contribution in [-0.4, -0.2) is 58.0 Å². The third-order valence-corrected chi connectivity index (χ3v) is 11.6. The summed E-state index contributed by atoms with van der Waals surface area (Å²) in [5.41, 5.74) is 3.38. The van der Waals surface area contributed by atoms with Crippen LogP contribution in [0.1, 0.15) is 41.5 Å². The Balaban J connectivity index is 5.72. The first-order valence-electron chi connectivity index (χ1n) is 9.86. The van der Waals surface area contributed by atoms with E-state index in [1.165, 1.54) is 0 Å². The van der Waals surface area contributed by atoms with Gasteiger partial charge >= 0.3 is 0 Å². The summed E-state index contributed by atoms with van der Waals surface area (Å²) in [5, 5.41) is 0.0909. The zero-order valence-corrected chi connectivity index (χ0v) is 22.9. The Hall–Kier alpha value is -0.0162. The predicted molar refractivity (Wildman–Crippen MR) is 126 cm³/mol. The van der Waals surface area contributed by atoms with Gasteiger partial charge in [-0.25, -0.2) is 8.93 Å². The van der Waals surface area contributed by atoms with Gasteiger partial charge in [0.1, 0.15) is 21.0 Å². The summed E-state index contributed by atoms with van der Waals surface area (Å²) in [7, 11) is -3.23. The maximum absolute atomic E-state index is 12.8. The van der Waals surface area contributed by atoms with Crippen molar-refractivity contribution in [2.75, 3.05) is 20.5 Å². The number of hydrogen-bond acceptors (Lipinski definition) is 4. The normalized spacial score (nSPS) is 16.9. The molecule has 0 aromatic carbocycles. The Morgan fingerprint density at radius 3 is 1.96 bits per heavy atom. The first-order valence-corrected chi connectivity index (χ1v) is 17.4. The van der Waals surface area contributed by atoms with E-state index in [0.29, 0.717) is 6.61 Å². The summed E-state index contributed by atoms with van der Waals surface area (Å²) >= 11 is 0. The number of nitrogens with one attached hydrogen (secondary N) is 1. The molecule has 0 aromatic rings. The minimum Gasteiger partial charge on any atom is -0.415 e. The highest BCUT2D eigenvalue weighted by atomic mass is 32.2. The lowest BCUT2D eigenvalue weighted by molar-refractivity contribution is -0.0643. The van der Waals surface area contributed by atoms with Crippen LogP contribution in [0, 0.1) is 11.5 Å². The van der Waals surface area contributed by atoms with Crippen LogP contribution in [0.4, 0.5) is 0 Å². The fraction of sp³-hybridized carbons (Fsp3) is 0.900. The second kappa shape index (κ2) is 10.8. The van der Waals surface area contributed by atoms with Crippen molar-refractivity contribution in [1.82, 2.24) is 4.72 Å². The third kappa shape index (κ3) is 10.7. The van der Waals surface area contributed by atoms with E-state index in [-0.39, 0.29) is 17.9 Å². The molecule has 0 aliphatic carbocycles. The average Bonchev–Trinajstić information content (AvgIpc) is 2.48. The van der Waals surface area contributed by atoms with Crippen molar-refractivity contribution in [3.63, 3.8) is 0 Å². The first-order chi connectivity index (χ1) is 12.4. The van der Waals surface area contributed by atoms with Crippen LogP contribution in [0.5, 0.6) is 0 Å². The molecule has 0 spiro atoms. The Bertz CT molecular complexity index is 566. The fourth-order valence-electron chi connectivity index (χ4n) is 1.70. The van der Waals surface area contributed by atoms with Gasteiger partial charge in [-0.05, 0) is 38.9 Å². The Morgan fingerprint density at radius 2 is 1.57 bits per heavy atom. The summed E-state index contributed by atoms with van der Waals surface area (Å²) in [4.78, 5) is 0. The van der Waals surface area contributed by atoms with E-state index in [0.717, 1.165) is 0 Å². The molecule has 3 atom stereocenters. The molecule has 0 aromatic heterocycles. The van der Waals surface area contributed by atoms with Crippen LogP contribution >= 0.6 is 0 Å². The van der Waals surface area contributed by atoms with Crippen molar-refractivity contribution in [3.8, 4) is 11.5 Å². The van der Waals surface area contributed by atoms with Gasteiger partial charge in [0.05, 0.1) is 28.4 Å². The summed E-state index contributed by atoms with van der Waals surface area (Å²) in [5.74, 6) is 3.27. The minimum atomic E-state index is -1.97. The topological polar surface area (TPSA) is 56.8 Å². The molecule has 28 heavy (non-hydrogen) atoms. The van der Waals surface area contributed by atoms with E-state index < -0.39 is 38.2 Å². The van der Waals surface area contributed by atoms with E-state index in [2.05, 4.69) is 69.7 Å². The largest absolute Gasteiger partial charge is 0.415 e. The van der Waals surface area contributed by atoms with Crippen LogP contribution in [-0.2, 0) is 24.9 Å². The SMILES string of the molecule is COCO[C@H](C#C[Si](C)(C)C)[C@H](CO[Si](C)(C)C(C)(C)C)N[S@](=O)C(C)(C)C. The van der Waals surface area contributed by atoms with Gasteiger partial charge in [-0.1, -0.05) is 46.3 Å². The fourth-order valence-corrected chi connectivity index (χ4v) is 4.12. The maximum Gasteiger partial charge on any atom is 0.192 e. The average molecular weight is 450 g/mol. The molecule has 0 saturated carbocycles. The smallest absolute Gasteiger partial charge is 0.192 e. The van der Waals surface area contributed by atoms with E-state index in [9.17, 15) is 4.21 Å². The van der Waals surface area contributed by atoms with E-state index in [1.54, 1.807) is 7.11 Å². The molecule has 0 radical (unpaired) electrons. The monoisotopic (exact) mass is 449 g/mol. The van der Waals surface area contributed by atoms with Gasteiger partial charge in [-0.3, -0.25) is 0 Å². The standard InChI is InChI=1S/C20H43NO4SSi2/c1-19(2,3)26(22)21-17(15-25-28(11,12)20(4,5)6)18(24-16-23-7)13-14-27(8,9)10/h17-18,21H,15-16H2,1-12H3/t17-,18+,26+/m0/s1. The summed E-state index contributed by atoms with van der Waals surface area (Å²) in [6.07, 6.45) is -0.456. The molecule has 0 saturated heterocycles. The Labute approximate surface area is 178 Å². The molecule has 0 fully saturated rings. The van der Waals surface area contributed by atoms with Crippen LogP contribution < -0.4 is 4.72 Å². The van der Waals surface area contributed by atoms with Crippen molar-refractivity contribution < 1.29 is 18.1 Å². The summed E-state index contributed by atoms with van der Waals surface area (Å²) in [6, 6.07) is -0.312. The predicted octanol–water partition coefficient (Wildman–Crippen LogP) is 4.30. The molecule has 8 heteroatoms. The number of ether oxygens (including phenoxy) is 2. The molecule has 0 unspecified atom stereocenters.